The lowest BCUT2D eigenvalue weighted by Crippen LogP contribution is -2.20. The quantitative estimate of drug-likeness (QED) is 0.695. The molecule has 1 rings (SSSR count). The third kappa shape index (κ3) is 2.69. The van der Waals surface area contributed by atoms with E-state index in [4.69, 9.17) is 0 Å². The van der Waals surface area contributed by atoms with Crippen LogP contribution in [0.15, 0.2) is 16.6 Å². The fourth-order valence-electron chi connectivity index (χ4n) is 1.51. The first-order chi connectivity index (χ1) is 6.73. The molecule has 0 heterocycles. The third-order valence-corrected chi connectivity index (χ3v) is 3.63. The average molecular weight is 269 g/mol. The minimum atomic E-state index is -0.313. The summed E-state index contributed by atoms with van der Waals surface area (Å²) in [6.45, 7) is 9.86. The molecule has 1 aromatic carbocycles. The Balaban J connectivity index is 3.24. The lowest BCUT2D eigenvalue weighted by molar-refractivity contribution is 0.0858. The van der Waals surface area contributed by atoms with Gasteiger partial charge in [0.05, 0.1) is 0 Å². The van der Waals surface area contributed by atoms with Crippen molar-refractivity contribution in [2.75, 3.05) is 0 Å². The molecule has 82 valence electrons. The number of carbonyl (C=O) groups excluding carboxylic acids is 1. The Morgan fingerprint density at radius 2 is 1.53 bits per heavy atom. The fraction of sp³-hybridized carbons (Fsp3) is 0.462. The fourth-order valence-corrected chi connectivity index (χ4v) is 1.74. The van der Waals surface area contributed by atoms with Crippen LogP contribution < -0.4 is 0 Å². The van der Waals surface area contributed by atoms with Gasteiger partial charge < -0.3 is 0 Å². The minimum Gasteiger partial charge on any atom is -0.294 e. The van der Waals surface area contributed by atoms with E-state index in [-0.39, 0.29) is 11.2 Å². The first-order valence-electron chi connectivity index (χ1n) is 5.05. The molecule has 1 aromatic rings. The van der Waals surface area contributed by atoms with Crippen LogP contribution in [0.5, 0.6) is 0 Å². The first-order valence-corrected chi connectivity index (χ1v) is 5.84. The molecule has 0 saturated heterocycles. The molecule has 0 amide bonds. The second kappa shape index (κ2) is 4.09. The Kier molecular flexibility index (Phi) is 3.39. The van der Waals surface area contributed by atoms with Gasteiger partial charge in [0.1, 0.15) is 0 Å². The van der Waals surface area contributed by atoms with Crippen molar-refractivity contribution in [1.29, 1.82) is 0 Å². The summed E-state index contributed by atoms with van der Waals surface area (Å²) in [5, 5.41) is 0. The molecule has 0 radical (unpaired) electrons. The molecule has 0 aromatic heterocycles. The van der Waals surface area contributed by atoms with E-state index in [1.54, 1.807) is 0 Å². The van der Waals surface area contributed by atoms with Crippen LogP contribution in [0.3, 0.4) is 0 Å². The summed E-state index contributed by atoms with van der Waals surface area (Å²) in [6, 6.07) is 3.90. The van der Waals surface area contributed by atoms with E-state index >= 15 is 0 Å². The van der Waals surface area contributed by atoms with Crippen molar-refractivity contribution < 1.29 is 4.79 Å². The number of benzene rings is 1. The lowest BCUT2D eigenvalue weighted by atomic mass is 9.85. The SMILES string of the molecule is Cc1cc(C(=O)C(C)(C)C)cc(C)c1Br. The van der Waals surface area contributed by atoms with E-state index in [1.807, 2.05) is 46.8 Å². The predicted molar refractivity (Wildman–Crippen MR) is 67.4 cm³/mol. The molecule has 0 spiro atoms. The number of ketones is 1. The maximum Gasteiger partial charge on any atom is 0.168 e. The second-order valence-electron chi connectivity index (χ2n) is 5.00. The standard InChI is InChI=1S/C13H17BrO/c1-8-6-10(7-9(2)11(8)14)12(15)13(3,4)5/h6-7H,1-5H3. The molecule has 0 saturated carbocycles. The van der Waals surface area contributed by atoms with Crippen LogP contribution in [0.25, 0.3) is 0 Å². The van der Waals surface area contributed by atoms with E-state index in [0.29, 0.717) is 0 Å². The molecule has 0 aliphatic rings. The van der Waals surface area contributed by atoms with Crippen molar-refractivity contribution in [2.24, 2.45) is 5.41 Å². The van der Waals surface area contributed by atoms with Gasteiger partial charge >= 0.3 is 0 Å². The van der Waals surface area contributed by atoms with Gasteiger partial charge in [-0.3, -0.25) is 4.79 Å². The molecule has 0 fully saturated rings. The summed E-state index contributed by atoms with van der Waals surface area (Å²) in [4.78, 5) is 12.1. The number of carbonyl (C=O) groups is 1. The van der Waals surface area contributed by atoms with Gasteiger partial charge in [0.25, 0.3) is 0 Å². The van der Waals surface area contributed by atoms with Crippen molar-refractivity contribution in [3.8, 4) is 0 Å². The van der Waals surface area contributed by atoms with Gasteiger partial charge in [0, 0.05) is 15.5 Å². The van der Waals surface area contributed by atoms with Gasteiger partial charge in [-0.05, 0) is 37.1 Å². The molecular weight excluding hydrogens is 252 g/mol. The Hall–Kier alpha value is -0.630. The molecule has 0 aliphatic heterocycles. The van der Waals surface area contributed by atoms with Crippen LogP contribution in [-0.2, 0) is 0 Å². The van der Waals surface area contributed by atoms with Crippen molar-refractivity contribution >= 4 is 21.7 Å². The van der Waals surface area contributed by atoms with E-state index in [1.165, 1.54) is 0 Å². The molecule has 0 N–H and O–H groups in total. The van der Waals surface area contributed by atoms with E-state index in [0.717, 1.165) is 21.2 Å². The highest BCUT2D eigenvalue weighted by Gasteiger charge is 2.23. The third-order valence-electron chi connectivity index (χ3n) is 2.38. The van der Waals surface area contributed by atoms with Gasteiger partial charge in [-0.15, -0.1) is 0 Å². The number of aryl methyl sites for hydroxylation is 2. The molecule has 0 unspecified atom stereocenters. The summed E-state index contributed by atoms with van der Waals surface area (Å²) in [5.74, 6) is 0.196. The number of rotatable bonds is 1. The number of halogens is 1. The van der Waals surface area contributed by atoms with Crippen molar-refractivity contribution in [3.05, 3.63) is 33.3 Å². The highest BCUT2D eigenvalue weighted by atomic mass is 79.9. The van der Waals surface area contributed by atoms with Gasteiger partial charge in [-0.25, -0.2) is 0 Å². The van der Waals surface area contributed by atoms with Crippen LogP contribution in [0.2, 0.25) is 0 Å². The number of hydrogen-bond donors (Lipinski definition) is 0. The summed E-state index contributed by atoms with van der Waals surface area (Å²) < 4.78 is 1.09. The highest BCUT2D eigenvalue weighted by Crippen LogP contribution is 2.27. The average Bonchev–Trinajstić information content (AvgIpc) is 2.10. The Labute approximate surface area is 100 Å². The van der Waals surface area contributed by atoms with Crippen molar-refractivity contribution in [3.63, 3.8) is 0 Å². The maximum atomic E-state index is 12.1. The normalized spacial score (nSPS) is 11.6. The Morgan fingerprint density at radius 3 is 1.87 bits per heavy atom. The minimum absolute atomic E-state index is 0.196. The largest absolute Gasteiger partial charge is 0.294 e. The summed E-state index contributed by atoms with van der Waals surface area (Å²) in [7, 11) is 0. The summed E-state index contributed by atoms with van der Waals surface area (Å²) in [6.07, 6.45) is 0. The highest BCUT2D eigenvalue weighted by molar-refractivity contribution is 9.10. The Bertz CT molecular complexity index is 376. The molecule has 15 heavy (non-hydrogen) atoms. The van der Waals surface area contributed by atoms with Crippen LogP contribution in [-0.4, -0.2) is 5.78 Å². The predicted octanol–water partition coefficient (Wildman–Crippen LogP) is 4.29. The van der Waals surface area contributed by atoms with Crippen LogP contribution in [0.4, 0.5) is 0 Å². The van der Waals surface area contributed by atoms with Crippen LogP contribution in [0, 0.1) is 19.3 Å². The van der Waals surface area contributed by atoms with E-state index < -0.39 is 0 Å². The molecule has 2 heteroatoms. The lowest BCUT2D eigenvalue weighted by Gasteiger charge is -2.17. The maximum absolute atomic E-state index is 12.1. The van der Waals surface area contributed by atoms with Crippen molar-refractivity contribution in [2.45, 2.75) is 34.6 Å². The topological polar surface area (TPSA) is 17.1 Å². The van der Waals surface area contributed by atoms with Crippen LogP contribution in [0.1, 0.15) is 42.3 Å². The smallest absolute Gasteiger partial charge is 0.168 e. The number of hydrogen-bond acceptors (Lipinski definition) is 1. The Morgan fingerprint density at radius 1 is 1.13 bits per heavy atom. The van der Waals surface area contributed by atoms with Gasteiger partial charge in [0.2, 0.25) is 0 Å². The van der Waals surface area contributed by atoms with Crippen LogP contribution >= 0.6 is 15.9 Å². The second-order valence-corrected chi connectivity index (χ2v) is 5.80. The zero-order valence-electron chi connectivity index (χ0n) is 9.94. The van der Waals surface area contributed by atoms with Gasteiger partial charge in [0.15, 0.2) is 5.78 Å². The zero-order chi connectivity index (χ0) is 11.8. The monoisotopic (exact) mass is 268 g/mol. The first kappa shape index (κ1) is 12.4. The van der Waals surface area contributed by atoms with E-state index in [9.17, 15) is 4.79 Å². The van der Waals surface area contributed by atoms with Gasteiger partial charge in [-0.1, -0.05) is 36.7 Å². The van der Waals surface area contributed by atoms with E-state index in [2.05, 4.69) is 15.9 Å². The number of Topliss-reactive ketones (excluding diaryl/α,β-unsaturated/α-hetero) is 1. The van der Waals surface area contributed by atoms with Crippen molar-refractivity contribution in [1.82, 2.24) is 0 Å². The molecule has 0 aliphatic carbocycles. The molecule has 1 nitrogen and oxygen atoms in total. The molecule has 0 atom stereocenters. The molecule has 0 bridgehead atoms. The molecular formula is C13H17BrO. The zero-order valence-corrected chi connectivity index (χ0v) is 11.5. The summed E-state index contributed by atoms with van der Waals surface area (Å²) >= 11 is 3.50. The van der Waals surface area contributed by atoms with Gasteiger partial charge in [-0.2, -0.15) is 0 Å². The summed E-state index contributed by atoms with van der Waals surface area (Å²) in [5.41, 5.74) is 2.72.